The summed E-state index contributed by atoms with van der Waals surface area (Å²) in [6.45, 7) is 5.83. The molecule has 5 nitrogen and oxygen atoms in total. The normalized spacial score (nSPS) is 11.4. The van der Waals surface area contributed by atoms with Gasteiger partial charge in [0.1, 0.15) is 11.3 Å². The zero-order valence-corrected chi connectivity index (χ0v) is 16.3. The SMILES string of the molecule is COCCn1cnnc1SCc1csc(-c2ccc(C(C)C)cc2)n1. The third kappa shape index (κ3) is 4.68. The van der Waals surface area contributed by atoms with Crippen LogP contribution in [-0.4, -0.2) is 33.5 Å². The van der Waals surface area contributed by atoms with Gasteiger partial charge in [-0.15, -0.1) is 21.5 Å². The van der Waals surface area contributed by atoms with E-state index in [4.69, 9.17) is 9.72 Å². The van der Waals surface area contributed by atoms with Crippen LogP contribution in [0.3, 0.4) is 0 Å². The predicted octanol–water partition coefficient (Wildman–Crippen LogP) is 4.46. The van der Waals surface area contributed by atoms with Gasteiger partial charge in [0.25, 0.3) is 0 Å². The fraction of sp³-hybridized carbons (Fsp3) is 0.389. The van der Waals surface area contributed by atoms with E-state index in [1.165, 1.54) is 11.1 Å². The molecule has 3 rings (SSSR count). The van der Waals surface area contributed by atoms with Crippen molar-refractivity contribution in [3.05, 3.63) is 47.2 Å². The molecule has 1 aromatic carbocycles. The molecule has 0 bridgehead atoms. The molecule has 0 atom stereocenters. The van der Waals surface area contributed by atoms with E-state index in [2.05, 4.69) is 53.7 Å². The molecular formula is C18H22N4OS2. The highest BCUT2D eigenvalue weighted by Gasteiger charge is 2.09. The molecule has 0 aliphatic heterocycles. The first-order valence-corrected chi connectivity index (χ1v) is 10.1. The van der Waals surface area contributed by atoms with Crippen molar-refractivity contribution in [1.29, 1.82) is 0 Å². The van der Waals surface area contributed by atoms with Crippen LogP contribution in [0.25, 0.3) is 10.6 Å². The molecule has 0 spiro atoms. The van der Waals surface area contributed by atoms with Crippen molar-refractivity contribution in [3.63, 3.8) is 0 Å². The lowest BCUT2D eigenvalue weighted by Crippen LogP contribution is -2.04. The quantitative estimate of drug-likeness (QED) is 0.545. The van der Waals surface area contributed by atoms with Gasteiger partial charge in [-0.1, -0.05) is 49.9 Å². The second kappa shape index (κ2) is 8.60. The summed E-state index contributed by atoms with van der Waals surface area (Å²) in [5.74, 6) is 1.33. The van der Waals surface area contributed by atoms with Gasteiger partial charge in [-0.25, -0.2) is 4.98 Å². The summed E-state index contributed by atoms with van der Waals surface area (Å²) in [6, 6.07) is 8.70. The Kier molecular flexibility index (Phi) is 6.23. The van der Waals surface area contributed by atoms with Crippen molar-refractivity contribution in [2.45, 2.75) is 37.2 Å². The van der Waals surface area contributed by atoms with Crippen LogP contribution >= 0.6 is 23.1 Å². The van der Waals surface area contributed by atoms with Crippen LogP contribution in [0.15, 0.2) is 41.1 Å². The number of ether oxygens (including phenoxy) is 1. The van der Waals surface area contributed by atoms with Crippen LogP contribution in [0, 0.1) is 0 Å². The second-order valence-electron chi connectivity index (χ2n) is 6.01. The van der Waals surface area contributed by atoms with E-state index in [-0.39, 0.29) is 0 Å². The molecule has 0 amide bonds. The standard InChI is InChI=1S/C18H22N4OS2/c1-13(2)14-4-6-15(7-5-14)17-20-16(10-24-17)11-25-18-21-19-12-22(18)8-9-23-3/h4-7,10,12-13H,8-9,11H2,1-3H3. The number of hydrogen-bond donors (Lipinski definition) is 0. The number of aromatic nitrogens is 4. The van der Waals surface area contributed by atoms with Gasteiger partial charge in [0, 0.05) is 30.4 Å². The van der Waals surface area contributed by atoms with Crippen LogP contribution in [0.2, 0.25) is 0 Å². The lowest BCUT2D eigenvalue weighted by molar-refractivity contribution is 0.184. The Morgan fingerprint density at radius 1 is 1.24 bits per heavy atom. The number of methoxy groups -OCH3 is 1. The Morgan fingerprint density at radius 3 is 2.76 bits per heavy atom. The maximum Gasteiger partial charge on any atom is 0.191 e. The van der Waals surface area contributed by atoms with Crippen LogP contribution in [0.5, 0.6) is 0 Å². The highest BCUT2D eigenvalue weighted by Crippen LogP contribution is 2.28. The average Bonchev–Trinajstić information content (AvgIpc) is 3.27. The molecule has 7 heteroatoms. The summed E-state index contributed by atoms with van der Waals surface area (Å²) >= 11 is 3.33. The van der Waals surface area contributed by atoms with Gasteiger partial charge in [0.15, 0.2) is 5.16 Å². The van der Waals surface area contributed by atoms with Gasteiger partial charge in [-0.3, -0.25) is 0 Å². The van der Waals surface area contributed by atoms with Crippen molar-refractivity contribution >= 4 is 23.1 Å². The minimum Gasteiger partial charge on any atom is -0.383 e. The van der Waals surface area contributed by atoms with E-state index in [9.17, 15) is 0 Å². The topological polar surface area (TPSA) is 52.8 Å². The maximum absolute atomic E-state index is 5.11. The van der Waals surface area contributed by atoms with Gasteiger partial charge in [0.2, 0.25) is 0 Å². The Morgan fingerprint density at radius 2 is 2.04 bits per heavy atom. The van der Waals surface area contributed by atoms with E-state index in [1.807, 2.05) is 4.57 Å². The molecule has 0 radical (unpaired) electrons. The average molecular weight is 375 g/mol. The molecular weight excluding hydrogens is 352 g/mol. The maximum atomic E-state index is 5.11. The fourth-order valence-corrected chi connectivity index (χ4v) is 4.12. The number of thiazole rings is 1. The van der Waals surface area contributed by atoms with E-state index >= 15 is 0 Å². The first-order chi connectivity index (χ1) is 12.2. The molecule has 0 aliphatic carbocycles. The number of nitrogens with zero attached hydrogens (tertiary/aromatic N) is 4. The van der Waals surface area contributed by atoms with Crippen LogP contribution < -0.4 is 0 Å². The third-order valence-corrected chi connectivity index (χ3v) is 5.80. The van der Waals surface area contributed by atoms with Crippen LogP contribution in [0.4, 0.5) is 0 Å². The highest BCUT2D eigenvalue weighted by molar-refractivity contribution is 7.98. The third-order valence-electron chi connectivity index (χ3n) is 3.84. The summed E-state index contributed by atoms with van der Waals surface area (Å²) in [5.41, 5.74) is 3.60. The van der Waals surface area contributed by atoms with Gasteiger partial charge < -0.3 is 9.30 Å². The molecule has 2 aromatic heterocycles. The molecule has 0 N–H and O–H groups in total. The molecule has 0 saturated heterocycles. The Balaban J connectivity index is 1.63. The zero-order valence-electron chi connectivity index (χ0n) is 14.7. The largest absolute Gasteiger partial charge is 0.383 e. The smallest absolute Gasteiger partial charge is 0.191 e. The van der Waals surface area contributed by atoms with Crippen molar-refractivity contribution in [3.8, 4) is 10.6 Å². The molecule has 3 aromatic rings. The second-order valence-corrected chi connectivity index (χ2v) is 7.81. The Hall–Kier alpha value is -1.70. The van der Waals surface area contributed by atoms with Crippen molar-refractivity contribution in [1.82, 2.24) is 19.7 Å². The molecule has 2 heterocycles. The molecule has 0 unspecified atom stereocenters. The van der Waals surface area contributed by atoms with E-state index in [1.54, 1.807) is 36.5 Å². The van der Waals surface area contributed by atoms with Crippen molar-refractivity contribution < 1.29 is 4.74 Å². The lowest BCUT2D eigenvalue weighted by atomic mass is 10.0. The number of benzene rings is 1. The monoisotopic (exact) mass is 374 g/mol. The number of hydrogen-bond acceptors (Lipinski definition) is 6. The summed E-state index contributed by atoms with van der Waals surface area (Å²) in [7, 11) is 1.70. The molecule has 132 valence electrons. The van der Waals surface area contributed by atoms with E-state index in [0.29, 0.717) is 12.5 Å². The van der Waals surface area contributed by atoms with Crippen LogP contribution in [0.1, 0.15) is 31.0 Å². The lowest BCUT2D eigenvalue weighted by Gasteiger charge is -2.05. The van der Waals surface area contributed by atoms with Crippen molar-refractivity contribution in [2.24, 2.45) is 0 Å². The van der Waals surface area contributed by atoms with Gasteiger partial charge in [0.05, 0.1) is 12.3 Å². The summed E-state index contributed by atoms with van der Waals surface area (Å²) in [6.07, 6.45) is 1.74. The Labute approximate surface area is 156 Å². The summed E-state index contributed by atoms with van der Waals surface area (Å²) in [5, 5.41) is 12.2. The van der Waals surface area contributed by atoms with Gasteiger partial charge in [-0.05, 0) is 11.5 Å². The summed E-state index contributed by atoms with van der Waals surface area (Å²) in [4.78, 5) is 4.76. The molecule has 0 aliphatic rings. The fourth-order valence-electron chi connectivity index (χ4n) is 2.35. The van der Waals surface area contributed by atoms with Gasteiger partial charge >= 0.3 is 0 Å². The zero-order chi connectivity index (χ0) is 17.6. The van der Waals surface area contributed by atoms with Crippen LogP contribution in [-0.2, 0) is 17.0 Å². The van der Waals surface area contributed by atoms with E-state index < -0.39 is 0 Å². The first kappa shape index (κ1) is 18.1. The summed E-state index contributed by atoms with van der Waals surface area (Å²) < 4.78 is 7.12. The molecule has 0 fully saturated rings. The number of thioether (sulfide) groups is 1. The Bertz CT molecular complexity index is 796. The molecule has 0 saturated carbocycles. The highest BCUT2D eigenvalue weighted by atomic mass is 32.2. The minimum absolute atomic E-state index is 0.549. The first-order valence-electron chi connectivity index (χ1n) is 8.21. The minimum atomic E-state index is 0.549. The predicted molar refractivity (Wildman–Crippen MR) is 103 cm³/mol. The van der Waals surface area contributed by atoms with Gasteiger partial charge in [-0.2, -0.15) is 0 Å². The number of rotatable bonds is 8. The molecule has 25 heavy (non-hydrogen) atoms. The van der Waals surface area contributed by atoms with E-state index in [0.717, 1.165) is 28.2 Å². The van der Waals surface area contributed by atoms with Crippen molar-refractivity contribution in [2.75, 3.05) is 13.7 Å².